The Morgan fingerprint density at radius 1 is 1.00 bits per heavy atom. The topological polar surface area (TPSA) is 88.9 Å². The molecular formula is C26H27N5O2. The minimum atomic E-state index is -0.330. The third kappa shape index (κ3) is 4.92. The average Bonchev–Trinajstić information content (AvgIpc) is 3.13. The molecule has 2 aromatic carbocycles. The number of rotatable bonds is 5. The van der Waals surface area contributed by atoms with Crippen molar-refractivity contribution in [2.24, 2.45) is 0 Å². The number of nitrogens with zero attached hydrogens (tertiary/aromatic N) is 3. The molecule has 0 aliphatic heterocycles. The number of aryl methyl sites for hydroxylation is 1. The van der Waals surface area contributed by atoms with Gasteiger partial charge in [-0.3, -0.25) is 9.59 Å². The zero-order valence-corrected chi connectivity index (χ0v) is 19.2. The van der Waals surface area contributed by atoms with E-state index in [0.29, 0.717) is 16.9 Å². The second-order valence-electron chi connectivity index (χ2n) is 8.99. The minimum absolute atomic E-state index is 0.0139. The molecule has 0 saturated heterocycles. The molecule has 4 aromatic rings. The van der Waals surface area contributed by atoms with Gasteiger partial charge in [-0.2, -0.15) is 5.10 Å². The smallest absolute Gasteiger partial charge is 0.251 e. The number of nitrogens with one attached hydrogen (secondary N) is 2. The summed E-state index contributed by atoms with van der Waals surface area (Å²) >= 11 is 0. The first kappa shape index (κ1) is 22.2. The van der Waals surface area contributed by atoms with E-state index in [-0.39, 0.29) is 23.8 Å². The van der Waals surface area contributed by atoms with Crippen LogP contribution < -0.4 is 10.6 Å². The lowest BCUT2D eigenvalue weighted by Gasteiger charge is -2.19. The van der Waals surface area contributed by atoms with Crippen molar-refractivity contribution >= 4 is 28.5 Å². The molecule has 0 spiro atoms. The van der Waals surface area contributed by atoms with Crippen LogP contribution in [0.4, 0.5) is 5.69 Å². The molecule has 0 radical (unpaired) electrons. The van der Waals surface area contributed by atoms with Gasteiger partial charge in [0.15, 0.2) is 5.65 Å². The molecule has 7 heteroatoms. The summed E-state index contributed by atoms with van der Waals surface area (Å²) in [6, 6.07) is 19.0. The average molecular weight is 442 g/mol. The van der Waals surface area contributed by atoms with Gasteiger partial charge in [-0.1, -0.05) is 51.1 Å². The van der Waals surface area contributed by atoms with Crippen LogP contribution in [0.5, 0.6) is 0 Å². The summed E-state index contributed by atoms with van der Waals surface area (Å²) < 4.78 is 1.78. The van der Waals surface area contributed by atoms with Gasteiger partial charge in [0.05, 0.1) is 29.8 Å². The molecule has 2 heterocycles. The van der Waals surface area contributed by atoms with Crippen LogP contribution in [-0.4, -0.2) is 33.1 Å². The number of amides is 2. The second-order valence-corrected chi connectivity index (χ2v) is 8.99. The Morgan fingerprint density at radius 3 is 2.36 bits per heavy atom. The van der Waals surface area contributed by atoms with Gasteiger partial charge in [-0.05, 0) is 48.2 Å². The first-order chi connectivity index (χ1) is 15.7. The fraction of sp³-hybridized carbons (Fsp3) is 0.231. The zero-order chi connectivity index (χ0) is 23.6. The summed E-state index contributed by atoms with van der Waals surface area (Å²) in [5.74, 6) is -0.622. The largest absolute Gasteiger partial charge is 0.343 e. The molecule has 0 atom stereocenters. The molecule has 2 aromatic heterocycles. The van der Waals surface area contributed by atoms with Crippen molar-refractivity contribution in [3.63, 3.8) is 0 Å². The van der Waals surface area contributed by atoms with E-state index in [2.05, 4.69) is 41.5 Å². The van der Waals surface area contributed by atoms with Crippen molar-refractivity contribution in [3.8, 4) is 5.69 Å². The van der Waals surface area contributed by atoms with Crippen LogP contribution in [-0.2, 0) is 10.2 Å². The highest BCUT2D eigenvalue weighted by Gasteiger charge is 2.15. The van der Waals surface area contributed by atoms with Gasteiger partial charge >= 0.3 is 0 Å². The number of fused-ring (bicyclic) bond motifs is 1. The van der Waals surface area contributed by atoms with Gasteiger partial charge in [0, 0.05) is 10.9 Å². The van der Waals surface area contributed by atoms with Gasteiger partial charge in [0.2, 0.25) is 5.91 Å². The Morgan fingerprint density at radius 2 is 1.70 bits per heavy atom. The monoisotopic (exact) mass is 441 g/mol. The van der Waals surface area contributed by atoms with E-state index in [1.807, 2.05) is 55.5 Å². The first-order valence-electron chi connectivity index (χ1n) is 10.8. The molecule has 0 unspecified atom stereocenters. The maximum absolute atomic E-state index is 12.4. The van der Waals surface area contributed by atoms with Crippen LogP contribution in [0.1, 0.15) is 42.4 Å². The van der Waals surface area contributed by atoms with Crippen LogP contribution in [0, 0.1) is 6.92 Å². The molecule has 4 rings (SSSR count). The Hall–Kier alpha value is -4.00. The predicted octanol–water partition coefficient (Wildman–Crippen LogP) is 4.39. The van der Waals surface area contributed by atoms with Crippen LogP contribution in [0.2, 0.25) is 0 Å². The van der Waals surface area contributed by atoms with E-state index in [9.17, 15) is 9.59 Å². The molecule has 0 saturated carbocycles. The second kappa shape index (κ2) is 8.86. The molecule has 2 N–H and O–H groups in total. The highest BCUT2D eigenvalue weighted by atomic mass is 16.2. The van der Waals surface area contributed by atoms with E-state index in [1.54, 1.807) is 23.0 Å². The molecule has 0 bridgehead atoms. The number of anilines is 1. The SMILES string of the molecule is Cc1nn(-c2ccccc2)c2ncc(NC(=O)CNC(=O)c3ccc(C(C)(C)C)cc3)cc12. The standard InChI is InChI=1S/C26H27N5O2/c1-17-22-14-20(15-27-24(22)31(30-17)21-8-6-5-7-9-21)29-23(32)16-28-25(33)18-10-12-19(13-11-18)26(2,3)4/h5-15H,16H2,1-4H3,(H,28,33)(H,29,32). The van der Waals surface area contributed by atoms with E-state index in [1.165, 1.54) is 0 Å². The minimum Gasteiger partial charge on any atom is -0.343 e. The van der Waals surface area contributed by atoms with Gasteiger partial charge in [-0.15, -0.1) is 0 Å². The number of para-hydroxylation sites is 1. The van der Waals surface area contributed by atoms with Gasteiger partial charge in [0.1, 0.15) is 0 Å². The summed E-state index contributed by atoms with van der Waals surface area (Å²) in [4.78, 5) is 29.3. The van der Waals surface area contributed by atoms with Crippen LogP contribution in [0.3, 0.4) is 0 Å². The summed E-state index contributed by atoms with van der Waals surface area (Å²) in [5.41, 5.74) is 4.66. The van der Waals surface area contributed by atoms with E-state index in [0.717, 1.165) is 22.3 Å². The van der Waals surface area contributed by atoms with E-state index in [4.69, 9.17) is 0 Å². The van der Waals surface area contributed by atoms with Crippen LogP contribution in [0.25, 0.3) is 16.7 Å². The summed E-state index contributed by atoms with van der Waals surface area (Å²) in [5, 5.41) is 10.9. The van der Waals surface area contributed by atoms with Crippen molar-refractivity contribution < 1.29 is 9.59 Å². The summed E-state index contributed by atoms with van der Waals surface area (Å²) in [7, 11) is 0. The number of benzene rings is 2. The highest BCUT2D eigenvalue weighted by Crippen LogP contribution is 2.23. The molecule has 0 fully saturated rings. The maximum Gasteiger partial charge on any atom is 0.251 e. The molecule has 33 heavy (non-hydrogen) atoms. The number of hydrogen-bond acceptors (Lipinski definition) is 4. The Bertz CT molecular complexity index is 1300. The lowest BCUT2D eigenvalue weighted by molar-refractivity contribution is -0.115. The Kier molecular flexibility index (Phi) is 5.96. The van der Waals surface area contributed by atoms with Crippen molar-refractivity contribution in [1.29, 1.82) is 0 Å². The van der Waals surface area contributed by atoms with Crippen molar-refractivity contribution in [2.45, 2.75) is 33.1 Å². The van der Waals surface area contributed by atoms with E-state index >= 15 is 0 Å². The first-order valence-corrected chi connectivity index (χ1v) is 10.8. The third-order valence-electron chi connectivity index (χ3n) is 5.41. The predicted molar refractivity (Wildman–Crippen MR) is 130 cm³/mol. The molecular weight excluding hydrogens is 414 g/mol. The molecule has 7 nitrogen and oxygen atoms in total. The summed E-state index contributed by atoms with van der Waals surface area (Å²) in [6.07, 6.45) is 1.59. The molecule has 168 valence electrons. The maximum atomic E-state index is 12.4. The van der Waals surface area contributed by atoms with Gasteiger partial charge in [0.25, 0.3) is 5.91 Å². The Balaban J connectivity index is 1.41. The fourth-order valence-electron chi connectivity index (χ4n) is 3.55. The van der Waals surface area contributed by atoms with Crippen LogP contribution in [0.15, 0.2) is 66.9 Å². The zero-order valence-electron chi connectivity index (χ0n) is 19.2. The number of carbonyl (C=O) groups excluding carboxylic acids is 2. The van der Waals surface area contributed by atoms with Gasteiger partial charge < -0.3 is 10.6 Å². The molecule has 0 aliphatic carbocycles. The third-order valence-corrected chi connectivity index (χ3v) is 5.41. The summed E-state index contributed by atoms with van der Waals surface area (Å²) in [6.45, 7) is 8.12. The van der Waals surface area contributed by atoms with E-state index < -0.39 is 0 Å². The number of pyridine rings is 1. The van der Waals surface area contributed by atoms with Crippen molar-refractivity contribution in [2.75, 3.05) is 11.9 Å². The fourth-order valence-corrected chi connectivity index (χ4v) is 3.55. The van der Waals surface area contributed by atoms with Crippen molar-refractivity contribution in [1.82, 2.24) is 20.1 Å². The number of hydrogen-bond donors (Lipinski definition) is 2. The Labute approximate surface area is 192 Å². The normalized spacial score (nSPS) is 11.4. The van der Waals surface area contributed by atoms with Crippen molar-refractivity contribution in [3.05, 3.63) is 83.7 Å². The molecule has 0 aliphatic rings. The quantitative estimate of drug-likeness (QED) is 0.481. The highest BCUT2D eigenvalue weighted by molar-refractivity contribution is 6.00. The number of aromatic nitrogens is 3. The number of carbonyl (C=O) groups is 2. The van der Waals surface area contributed by atoms with Crippen LogP contribution >= 0.6 is 0 Å². The molecule has 2 amide bonds. The lowest BCUT2D eigenvalue weighted by atomic mass is 9.87. The van der Waals surface area contributed by atoms with Gasteiger partial charge in [-0.25, -0.2) is 9.67 Å². The lowest BCUT2D eigenvalue weighted by Crippen LogP contribution is -2.32.